The molecule has 0 radical (unpaired) electrons. The van der Waals surface area contributed by atoms with Gasteiger partial charge in [-0.2, -0.15) is 4.98 Å². The van der Waals surface area contributed by atoms with Crippen LogP contribution in [0.5, 0.6) is 6.01 Å². The van der Waals surface area contributed by atoms with Crippen molar-refractivity contribution in [2.45, 2.75) is 6.92 Å². The van der Waals surface area contributed by atoms with E-state index in [4.69, 9.17) is 4.74 Å². The second-order valence-corrected chi connectivity index (χ2v) is 3.33. The van der Waals surface area contributed by atoms with Gasteiger partial charge in [0.2, 0.25) is 5.82 Å². The summed E-state index contributed by atoms with van der Waals surface area (Å²) in [6.45, 7) is 1.62. The van der Waals surface area contributed by atoms with Gasteiger partial charge in [-0.1, -0.05) is 9.94 Å². The zero-order valence-electron chi connectivity index (χ0n) is 10.1. The highest BCUT2D eigenvalue weighted by Crippen LogP contribution is 2.16. The molecule has 0 bridgehead atoms. The van der Waals surface area contributed by atoms with E-state index in [-0.39, 0.29) is 25.0 Å². The number of esters is 1. The van der Waals surface area contributed by atoms with Crippen molar-refractivity contribution in [1.82, 2.24) is 24.9 Å². The van der Waals surface area contributed by atoms with Crippen LogP contribution in [-0.4, -0.2) is 49.3 Å². The van der Waals surface area contributed by atoms with E-state index in [0.717, 1.165) is 0 Å². The van der Waals surface area contributed by atoms with E-state index in [0.29, 0.717) is 10.4 Å². The Morgan fingerprint density at radius 2 is 2.16 bits per heavy atom. The van der Waals surface area contributed by atoms with E-state index >= 15 is 0 Å². The van der Waals surface area contributed by atoms with Crippen molar-refractivity contribution in [3.05, 3.63) is 18.7 Å². The molecule has 0 spiro atoms. The number of nitrogens with zero attached hydrogens (tertiary/aromatic N) is 5. The lowest BCUT2D eigenvalue weighted by atomic mass is 10.3. The summed E-state index contributed by atoms with van der Waals surface area (Å²) in [7, 11) is 0. The molecule has 19 heavy (non-hydrogen) atoms. The molecule has 100 valence electrons. The van der Waals surface area contributed by atoms with Gasteiger partial charge in [-0.15, -0.1) is 0 Å². The van der Waals surface area contributed by atoms with Crippen molar-refractivity contribution in [3.63, 3.8) is 0 Å². The summed E-state index contributed by atoms with van der Waals surface area (Å²) in [6.07, 6.45) is 4.26. The minimum Gasteiger partial charge on any atom is -0.463 e. The van der Waals surface area contributed by atoms with Crippen LogP contribution < -0.4 is 4.74 Å². The number of carbonyl (C=O) groups is 1. The molecule has 0 saturated heterocycles. The maximum atomic E-state index is 11.1. The third-order valence-corrected chi connectivity index (χ3v) is 2.01. The molecule has 0 aliphatic carbocycles. The summed E-state index contributed by atoms with van der Waals surface area (Å²) in [4.78, 5) is 23.1. The monoisotopic (exact) mass is 265 g/mol. The molecule has 2 aromatic heterocycles. The molecule has 0 aliphatic rings. The fourth-order valence-electron chi connectivity index (χ4n) is 1.27. The molecule has 2 heterocycles. The Balaban J connectivity index is 2.07. The van der Waals surface area contributed by atoms with Crippen LogP contribution in [0, 0.1) is 0 Å². The molecule has 2 rings (SSSR count). The van der Waals surface area contributed by atoms with E-state index in [1.807, 2.05) is 0 Å². The van der Waals surface area contributed by atoms with Crippen molar-refractivity contribution in [1.29, 1.82) is 0 Å². The second-order valence-electron chi connectivity index (χ2n) is 3.33. The third-order valence-electron chi connectivity index (χ3n) is 2.01. The smallest absolute Gasteiger partial charge is 0.344 e. The first-order valence-electron chi connectivity index (χ1n) is 5.40. The lowest BCUT2D eigenvalue weighted by molar-refractivity contribution is -0.145. The predicted molar refractivity (Wildman–Crippen MR) is 60.4 cm³/mol. The van der Waals surface area contributed by atoms with Crippen LogP contribution >= 0.6 is 0 Å². The van der Waals surface area contributed by atoms with Crippen molar-refractivity contribution >= 4 is 5.97 Å². The third kappa shape index (κ3) is 3.15. The van der Waals surface area contributed by atoms with Gasteiger partial charge < -0.3 is 14.7 Å². The molecule has 0 saturated carbocycles. The summed E-state index contributed by atoms with van der Waals surface area (Å²) in [5.41, 5.74) is 0.462. The van der Waals surface area contributed by atoms with Crippen molar-refractivity contribution in [3.8, 4) is 17.4 Å². The lowest BCUT2D eigenvalue weighted by Crippen LogP contribution is -2.15. The molecule has 0 amide bonds. The topological polar surface area (TPSA) is 112 Å². The normalized spacial score (nSPS) is 10.2. The Labute approximate surface area is 107 Å². The number of carbonyl (C=O) groups excluding carboxylic acids is 1. The highest BCUT2D eigenvalue weighted by molar-refractivity contribution is 5.70. The Morgan fingerprint density at radius 3 is 2.84 bits per heavy atom. The number of hydrogen-bond donors (Lipinski definition) is 1. The average Bonchev–Trinajstić information content (AvgIpc) is 2.79. The number of hydrogen-bond acceptors (Lipinski definition) is 8. The molecule has 0 atom stereocenters. The van der Waals surface area contributed by atoms with E-state index in [2.05, 4.69) is 24.8 Å². The van der Waals surface area contributed by atoms with Gasteiger partial charge in [0.05, 0.1) is 12.2 Å². The van der Waals surface area contributed by atoms with E-state index in [1.165, 1.54) is 18.7 Å². The Kier molecular flexibility index (Phi) is 3.86. The zero-order chi connectivity index (χ0) is 13.7. The molecule has 1 N–H and O–H groups in total. The fraction of sp³-hybridized carbons (Fsp3) is 0.300. The lowest BCUT2D eigenvalue weighted by Gasteiger charge is -2.00. The van der Waals surface area contributed by atoms with Crippen LogP contribution in [0.1, 0.15) is 6.92 Å². The molecule has 9 heteroatoms. The summed E-state index contributed by atoms with van der Waals surface area (Å²) in [6, 6.07) is -0.144. The minimum absolute atomic E-state index is 0.111. The van der Waals surface area contributed by atoms with Gasteiger partial charge >= 0.3 is 12.0 Å². The van der Waals surface area contributed by atoms with Crippen molar-refractivity contribution < 1.29 is 19.5 Å². The van der Waals surface area contributed by atoms with Gasteiger partial charge in [0.15, 0.2) is 6.61 Å². The summed E-state index contributed by atoms with van der Waals surface area (Å²) in [5.74, 6) is -0.430. The summed E-state index contributed by atoms with van der Waals surface area (Å²) < 4.78 is 9.66. The minimum atomic E-state index is -0.540. The van der Waals surface area contributed by atoms with Crippen molar-refractivity contribution in [2.24, 2.45) is 0 Å². The van der Waals surface area contributed by atoms with Crippen LogP contribution in [0.15, 0.2) is 18.7 Å². The molecule has 0 fully saturated rings. The first-order valence-corrected chi connectivity index (χ1v) is 5.40. The average molecular weight is 265 g/mol. The zero-order valence-corrected chi connectivity index (χ0v) is 10.1. The molecule has 0 aromatic carbocycles. The van der Waals surface area contributed by atoms with E-state index in [1.54, 1.807) is 6.92 Å². The maximum absolute atomic E-state index is 11.1. The standard InChI is InChI=1S/C10H11N5O4/c1-2-18-8(16)5-19-10-13-9(15(17)14-10)7-3-11-6-12-4-7/h3-4,6,17H,2,5H2,1H3. The van der Waals surface area contributed by atoms with Gasteiger partial charge in [-0.25, -0.2) is 14.8 Å². The molecular formula is C10H11N5O4. The molecule has 0 unspecified atom stereocenters. The SMILES string of the molecule is CCOC(=O)COc1nc(-c2cncnc2)n(O)n1. The molecular weight excluding hydrogens is 254 g/mol. The molecule has 2 aromatic rings. The predicted octanol–water partition coefficient (Wildman–Crippen LogP) is -0.0857. The van der Waals surface area contributed by atoms with Crippen molar-refractivity contribution in [2.75, 3.05) is 13.2 Å². The van der Waals surface area contributed by atoms with E-state index < -0.39 is 5.97 Å². The van der Waals surface area contributed by atoms with Gasteiger partial charge in [-0.05, 0) is 6.92 Å². The first-order chi connectivity index (χ1) is 9.20. The Bertz CT molecular complexity index is 556. The largest absolute Gasteiger partial charge is 0.463 e. The maximum Gasteiger partial charge on any atom is 0.344 e. The summed E-state index contributed by atoms with van der Waals surface area (Å²) >= 11 is 0. The van der Waals surface area contributed by atoms with E-state index in [9.17, 15) is 10.0 Å². The highest BCUT2D eigenvalue weighted by Gasteiger charge is 2.14. The quantitative estimate of drug-likeness (QED) is 0.589. The van der Waals surface area contributed by atoms with Gasteiger partial charge in [-0.3, -0.25) is 0 Å². The van der Waals surface area contributed by atoms with Crippen LogP contribution in [0.2, 0.25) is 0 Å². The molecule has 0 aliphatic heterocycles. The van der Waals surface area contributed by atoms with Gasteiger partial charge in [0.25, 0.3) is 0 Å². The van der Waals surface area contributed by atoms with Crippen LogP contribution in [0.25, 0.3) is 11.4 Å². The summed E-state index contributed by atoms with van der Waals surface area (Å²) in [5, 5.41) is 13.1. The fourth-order valence-corrected chi connectivity index (χ4v) is 1.27. The first kappa shape index (κ1) is 12.7. The number of rotatable bonds is 5. The molecule has 9 nitrogen and oxygen atoms in total. The Morgan fingerprint density at radius 1 is 1.42 bits per heavy atom. The van der Waals surface area contributed by atoms with Gasteiger partial charge in [0, 0.05) is 12.4 Å². The highest BCUT2D eigenvalue weighted by atomic mass is 16.6. The van der Waals surface area contributed by atoms with Gasteiger partial charge in [0.1, 0.15) is 6.33 Å². The second kappa shape index (κ2) is 5.76. The van der Waals surface area contributed by atoms with Crippen LogP contribution in [-0.2, 0) is 9.53 Å². The number of aromatic nitrogens is 5. The Hall–Kier alpha value is -2.71. The van der Waals surface area contributed by atoms with Crippen LogP contribution in [0.4, 0.5) is 0 Å². The number of ether oxygens (including phenoxy) is 2. The van der Waals surface area contributed by atoms with Crippen LogP contribution in [0.3, 0.4) is 0 Å².